The lowest BCUT2D eigenvalue weighted by Crippen LogP contribution is -2.48. The van der Waals surface area contributed by atoms with Crippen LogP contribution in [-0.4, -0.2) is 22.8 Å². The number of anilines is 1. The third kappa shape index (κ3) is 3.79. The fraction of sp³-hybridized carbons (Fsp3) is 0.435. The molecule has 0 spiro atoms. The molecule has 2 aromatic carbocycles. The number of fused-ring (bicyclic) bond motifs is 1. The van der Waals surface area contributed by atoms with Gasteiger partial charge in [0.1, 0.15) is 0 Å². The van der Waals surface area contributed by atoms with Crippen molar-refractivity contribution in [3.63, 3.8) is 0 Å². The molecule has 5 nitrogen and oxygen atoms in total. The van der Waals surface area contributed by atoms with E-state index in [1.807, 2.05) is 36.4 Å². The maximum Gasteiger partial charge on any atom is 0.269 e. The molecule has 1 saturated carbocycles. The van der Waals surface area contributed by atoms with Crippen LogP contribution in [-0.2, 0) is 6.42 Å². The number of carbonyl (C=O) groups is 1. The van der Waals surface area contributed by atoms with E-state index in [9.17, 15) is 14.9 Å². The van der Waals surface area contributed by atoms with Crippen molar-refractivity contribution in [3.8, 4) is 0 Å². The van der Waals surface area contributed by atoms with E-state index in [2.05, 4.69) is 4.90 Å². The second kappa shape index (κ2) is 8.13. The molecule has 0 amide bonds. The lowest BCUT2D eigenvalue weighted by atomic mass is 9.86. The minimum atomic E-state index is -0.323. The quantitative estimate of drug-likeness (QED) is 0.401. The SMILES string of the molecule is O=C(CC1CCc2cc([N+](=O)[O-])ccc2N1C1CCCCC1)c1ccccc1. The monoisotopic (exact) mass is 378 g/mol. The smallest absolute Gasteiger partial charge is 0.269 e. The van der Waals surface area contributed by atoms with Gasteiger partial charge in [-0.2, -0.15) is 0 Å². The van der Waals surface area contributed by atoms with E-state index in [0.29, 0.717) is 12.5 Å². The van der Waals surface area contributed by atoms with Crippen LogP contribution >= 0.6 is 0 Å². The van der Waals surface area contributed by atoms with E-state index in [4.69, 9.17) is 0 Å². The third-order valence-electron chi connectivity index (χ3n) is 6.18. The molecule has 28 heavy (non-hydrogen) atoms. The van der Waals surface area contributed by atoms with Gasteiger partial charge in [0, 0.05) is 41.9 Å². The summed E-state index contributed by atoms with van der Waals surface area (Å²) < 4.78 is 0. The summed E-state index contributed by atoms with van der Waals surface area (Å²) in [7, 11) is 0. The first-order valence-corrected chi connectivity index (χ1v) is 10.3. The van der Waals surface area contributed by atoms with Crippen LogP contribution in [0.4, 0.5) is 11.4 Å². The van der Waals surface area contributed by atoms with E-state index >= 15 is 0 Å². The Morgan fingerprint density at radius 2 is 1.79 bits per heavy atom. The predicted molar refractivity (Wildman–Crippen MR) is 110 cm³/mol. The Kier molecular flexibility index (Phi) is 5.42. The molecule has 0 radical (unpaired) electrons. The maximum absolute atomic E-state index is 12.9. The number of carbonyl (C=O) groups excluding carboxylic acids is 1. The lowest BCUT2D eigenvalue weighted by Gasteiger charge is -2.45. The first-order valence-electron chi connectivity index (χ1n) is 10.3. The molecule has 146 valence electrons. The van der Waals surface area contributed by atoms with Crippen molar-refractivity contribution in [2.45, 2.75) is 63.5 Å². The molecule has 4 rings (SSSR count). The average Bonchev–Trinajstić information content (AvgIpc) is 2.74. The van der Waals surface area contributed by atoms with Gasteiger partial charge in [-0.1, -0.05) is 49.6 Å². The van der Waals surface area contributed by atoms with Crippen LogP contribution in [0.2, 0.25) is 0 Å². The van der Waals surface area contributed by atoms with Crippen molar-refractivity contribution in [3.05, 3.63) is 69.8 Å². The number of hydrogen-bond acceptors (Lipinski definition) is 4. The van der Waals surface area contributed by atoms with Crippen molar-refractivity contribution in [1.82, 2.24) is 0 Å². The zero-order valence-electron chi connectivity index (χ0n) is 16.0. The summed E-state index contributed by atoms with van der Waals surface area (Å²) in [5.74, 6) is 0.178. The summed E-state index contributed by atoms with van der Waals surface area (Å²) in [5, 5.41) is 11.2. The van der Waals surface area contributed by atoms with Gasteiger partial charge in [-0.05, 0) is 37.3 Å². The molecule has 1 atom stereocenters. The molecule has 0 saturated heterocycles. The highest BCUT2D eigenvalue weighted by Crippen LogP contribution is 2.39. The molecule has 1 unspecified atom stereocenters. The largest absolute Gasteiger partial charge is 0.365 e. The standard InChI is InChI=1S/C23H26N2O3/c26-23(17-7-3-1-4-8-17)16-20-12-11-18-15-21(25(27)28)13-14-22(18)24(20)19-9-5-2-6-10-19/h1,3-4,7-8,13-15,19-20H,2,5-6,9-12,16H2. The number of nitro benzene ring substituents is 1. The molecule has 1 aliphatic heterocycles. The first kappa shape index (κ1) is 18.7. The topological polar surface area (TPSA) is 63.4 Å². The summed E-state index contributed by atoms with van der Waals surface area (Å²) >= 11 is 0. The molecule has 2 aliphatic rings. The number of hydrogen-bond donors (Lipinski definition) is 0. The van der Waals surface area contributed by atoms with Gasteiger partial charge in [0.25, 0.3) is 5.69 Å². The number of Topliss-reactive ketones (excluding diaryl/α,β-unsaturated/α-hetero) is 1. The van der Waals surface area contributed by atoms with Crippen molar-refractivity contribution < 1.29 is 9.72 Å². The van der Waals surface area contributed by atoms with Gasteiger partial charge in [-0.25, -0.2) is 0 Å². The Balaban J connectivity index is 1.64. The van der Waals surface area contributed by atoms with Crippen LogP contribution in [0.1, 0.15) is 60.9 Å². The van der Waals surface area contributed by atoms with Crippen LogP contribution in [0.3, 0.4) is 0 Å². The van der Waals surface area contributed by atoms with Gasteiger partial charge in [0.2, 0.25) is 0 Å². The molecule has 1 heterocycles. The summed E-state index contributed by atoms with van der Waals surface area (Å²) in [5.41, 5.74) is 3.06. The Bertz CT molecular complexity index is 859. The molecule has 2 aromatic rings. The van der Waals surface area contributed by atoms with E-state index in [-0.39, 0.29) is 22.4 Å². The Hall–Kier alpha value is -2.69. The number of aryl methyl sites for hydroxylation is 1. The summed E-state index contributed by atoms with van der Waals surface area (Å²) in [4.78, 5) is 26.2. The molecular formula is C23H26N2O3. The minimum Gasteiger partial charge on any atom is -0.365 e. The summed E-state index contributed by atoms with van der Waals surface area (Å²) in [6.45, 7) is 0. The molecule has 0 N–H and O–H groups in total. The van der Waals surface area contributed by atoms with Gasteiger partial charge < -0.3 is 4.90 Å². The van der Waals surface area contributed by atoms with Gasteiger partial charge >= 0.3 is 0 Å². The average molecular weight is 378 g/mol. The fourth-order valence-electron chi connectivity index (χ4n) is 4.81. The van der Waals surface area contributed by atoms with Crippen molar-refractivity contribution in [2.24, 2.45) is 0 Å². The number of non-ortho nitro benzene ring substituents is 1. The summed E-state index contributed by atoms with van der Waals surface area (Å²) in [6.07, 6.45) is 8.10. The molecule has 0 aromatic heterocycles. The fourth-order valence-corrected chi connectivity index (χ4v) is 4.81. The normalized spacial score (nSPS) is 19.9. The number of nitrogens with zero attached hydrogens (tertiary/aromatic N) is 2. The molecular weight excluding hydrogens is 352 g/mol. The van der Waals surface area contributed by atoms with E-state index in [1.165, 1.54) is 19.3 Å². The van der Waals surface area contributed by atoms with Gasteiger partial charge in [0.15, 0.2) is 5.78 Å². The zero-order valence-corrected chi connectivity index (χ0v) is 16.0. The van der Waals surface area contributed by atoms with Crippen LogP contribution in [0.25, 0.3) is 0 Å². The van der Waals surface area contributed by atoms with Crippen molar-refractivity contribution in [2.75, 3.05) is 4.90 Å². The van der Waals surface area contributed by atoms with Gasteiger partial charge in [-0.15, -0.1) is 0 Å². The van der Waals surface area contributed by atoms with E-state index < -0.39 is 0 Å². The maximum atomic E-state index is 12.9. The van der Waals surface area contributed by atoms with E-state index in [0.717, 1.165) is 42.5 Å². The Morgan fingerprint density at radius 1 is 1.04 bits per heavy atom. The number of nitro groups is 1. The predicted octanol–water partition coefficient (Wildman–Crippen LogP) is 5.32. The third-order valence-corrected chi connectivity index (χ3v) is 6.18. The van der Waals surface area contributed by atoms with Gasteiger partial charge in [-0.3, -0.25) is 14.9 Å². The second-order valence-electron chi connectivity index (χ2n) is 7.96. The molecule has 5 heteroatoms. The lowest BCUT2D eigenvalue weighted by molar-refractivity contribution is -0.384. The molecule has 1 fully saturated rings. The highest BCUT2D eigenvalue weighted by molar-refractivity contribution is 5.96. The van der Waals surface area contributed by atoms with E-state index in [1.54, 1.807) is 12.1 Å². The van der Waals surface area contributed by atoms with Crippen LogP contribution in [0.5, 0.6) is 0 Å². The number of benzene rings is 2. The second-order valence-corrected chi connectivity index (χ2v) is 7.96. The number of ketones is 1. The highest BCUT2D eigenvalue weighted by Gasteiger charge is 2.34. The zero-order chi connectivity index (χ0) is 19.5. The van der Waals surface area contributed by atoms with Crippen LogP contribution < -0.4 is 4.90 Å². The van der Waals surface area contributed by atoms with Crippen LogP contribution in [0, 0.1) is 10.1 Å². The summed E-state index contributed by atoms with van der Waals surface area (Å²) in [6, 6.07) is 15.3. The molecule has 1 aliphatic carbocycles. The Labute approximate surface area is 165 Å². The van der Waals surface area contributed by atoms with Gasteiger partial charge in [0.05, 0.1) is 4.92 Å². The highest BCUT2D eigenvalue weighted by atomic mass is 16.6. The molecule has 0 bridgehead atoms. The Morgan fingerprint density at radius 3 is 2.50 bits per heavy atom. The minimum absolute atomic E-state index is 0.154. The van der Waals surface area contributed by atoms with Crippen molar-refractivity contribution >= 4 is 17.2 Å². The first-order chi connectivity index (χ1) is 13.6. The van der Waals surface area contributed by atoms with Crippen LogP contribution in [0.15, 0.2) is 48.5 Å². The van der Waals surface area contributed by atoms with Crippen molar-refractivity contribution in [1.29, 1.82) is 0 Å². The number of rotatable bonds is 5.